The summed E-state index contributed by atoms with van der Waals surface area (Å²) in [6, 6.07) is 1.11. The molecule has 0 fully saturated rings. The summed E-state index contributed by atoms with van der Waals surface area (Å²) in [6.07, 6.45) is -2.67. The first-order valence-corrected chi connectivity index (χ1v) is 3.91. The Bertz CT molecular complexity index is 331. The Kier molecular flexibility index (Phi) is 3.19. The van der Waals surface area contributed by atoms with Crippen LogP contribution in [0.2, 0.25) is 0 Å². The van der Waals surface area contributed by atoms with Crippen LogP contribution in [0.15, 0.2) is 6.07 Å². The summed E-state index contributed by atoms with van der Waals surface area (Å²) in [5.41, 5.74) is 11.1. The number of halogens is 2. The van der Waals surface area contributed by atoms with Gasteiger partial charge in [-0.15, -0.1) is 0 Å². The number of pyridine rings is 1. The van der Waals surface area contributed by atoms with Crippen molar-refractivity contribution in [3.63, 3.8) is 0 Å². The Labute approximate surface area is 79.9 Å². The highest BCUT2D eigenvalue weighted by atomic mass is 19.3. The molecule has 0 aliphatic rings. The van der Waals surface area contributed by atoms with Crippen LogP contribution in [0.25, 0.3) is 0 Å². The second-order valence-electron chi connectivity index (χ2n) is 2.63. The van der Waals surface area contributed by atoms with Gasteiger partial charge in [-0.3, -0.25) is 0 Å². The van der Waals surface area contributed by atoms with E-state index in [0.29, 0.717) is 5.56 Å². The Hall–Kier alpha value is -1.43. The zero-order valence-corrected chi connectivity index (χ0v) is 7.63. The molecule has 0 saturated carbocycles. The van der Waals surface area contributed by atoms with Crippen molar-refractivity contribution in [1.29, 1.82) is 0 Å². The predicted octanol–water partition coefficient (Wildman–Crippen LogP) is 1.07. The van der Waals surface area contributed by atoms with Crippen molar-refractivity contribution >= 4 is 5.69 Å². The van der Waals surface area contributed by atoms with Gasteiger partial charge in [-0.25, -0.2) is 13.8 Å². The fourth-order valence-corrected chi connectivity index (χ4v) is 1.07. The molecule has 4 nitrogen and oxygen atoms in total. The highest BCUT2D eigenvalue weighted by Crippen LogP contribution is 2.27. The van der Waals surface area contributed by atoms with E-state index in [1.807, 2.05) is 0 Å². The topological polar surface area (TPSA) is 74.2 Å². The van der Waals surface area contributed by atoms with E-state index in [0.717, 1.165) is 6.07 Å². The van der Waals surface area contributed by atoms with Crippen LogP contribution in [-0.4, -0.2) is 12.1 Å². The van der Waals surface area contributed by atoms with Gasteiger partial charge in [-0.1, -0.05) is 0 Å². The first-order chi connectivity index (χ1) is 6.60. The lowest BCUT2D eigenvalue weighted by atomic mass is 10.2. The number of hydrogen-bond donors (Lipinski definition) is 2. The van der Waals surface area contributed by atoms with Crippen molar-refractivity contribution in [2.75, 3.05) is 12.8 Å². The van der Waals surface area contributed by atoms with Gasteiger partial charge in [0.15, 0.2) is 0 Å². The number of hydrogen-bond acceptors (Lipinski definition) is 4. The van der Waals surface area contributed by atoms with Crippen LogP contribution in [0.4, 0.5) is 14.5 Å². The van der Waals surface area contributed by atoms with Gasteiger partial charge < -0.3 is 16.2 Å². The molecule has 0 amide bonds. The number of methoxy groups -OCH3 is 1. The summed E-state index contributed by atoms with van der Waals surface area (Å²) >= 11 is 0. The number of rotatable bonds is 3. The molecule has 0 bridgehead atoms. The maximum absolute atomic E-state index is 12.3. The number of nitrogens with two attached hydrogens (primary N) is 2. The lowest BCUT2D eigenvalue weighted by Gasteiger charge is -2.10. The summed E-state index contributed by atoms with van der Waals surface area (Å²) in [5, 5.41) is 0. The maximum Gasteiger partial charge on any atom is 0.280 e. The minimum Gasteiger partial charge on any atom is -0.481 e. The highest BCUT2D eigenvalue weighted by Gasteiger charge is 2.15. The van der Waals surface area contributed by atoms with Crippen molar-refractivity contribution in [2.24, 2.45) is 5.73 Å². The molecule has 1 rings (SSSR count). The fourth-order valence-electron chi connectivity index (χ4n) is 1.07. The van der Waals surface area contributed by atoms with Gasteiger partial charge in [-0.05, 0) is 6.07 Å². The first-order valence-electron chi connectivity index (χ1n) is 3.91. The second-order valence-corrected chi connectivity index (χ2v) is 2.63. The van der Waals surface area contributed by atoms with Gasteiger partial charge in [0.05, 0.1) is 12.7 Å². The molecule has 0 spiro atoms. The van der Waals surface area contributed by atoms with Crippen LogP contribution >= 0.6 is 0 Å². The third-order valence-electron chi connectivity index (χ3n) is 1.76. The average molecular weight is 203 g/mol. The van der Waals surface area contributed by atoms with Crippen molar-refractivity contribution in [1.82, 2.24) is 4.98 Å². The number of aromatic nitrogens is 1. The summed E-state index contributed by atoms with van der Waals surface area (Å²) in [7, 11) is 1.33. The molecule has 14 heavy (non-hydrogen) atoms. The standard InChI is InChI=1S/C8H11F2N3O/c1-14-8-4(3-11)5(12)2-6(13-8)7(9)10/h2,7H,3,11H2,1H3,(H2,12,13). The summed E-state index contributed by atoms with van der Waals surface area (Å²) < 4.78 is 29.4. The van der Waals surface area contributed by atoms with Gasteiger partial charge in [0.25, 0.3) is 6.43 Å². The molecule has 1 aromatic heterocycles. The molecule has 4 N–H and O–H groups in total. The van der Waals surface area contributed by atoms with E-state index in [-0.39, 0.29) is 18.1 Å². The first kappa shape index (κ1) is 10.6. The molecule has 0 saturated heterocycles. The zero-order chi connectivity index (χ0) is 10.7. The molecule has 0 aromatic carbocycles. The number of nitrogen functional groups attached to an aromatic ring is 1. The maximum atomic E-state index is 12.3. The average Bonchev–Trinajstić information content (AvgIpc) is 2.16. The fraction of sp³-hybridized carbons (Fsp3) is 0.375. The van der Waals surface area contributed by atoms with Gasteiger partial charge >= 0.3 is 0 Å². The zero-order valence-electron chi connectivity index (χ0n) is 7.63. The van der Waals surface area contributed by atoms with E-state index in [4.69, 9.17) is 16.2 Å². The minimum atomic E-state index is -2.67. The number of anilines is 1. The van der Waals surface area contributed by atoms with Crippen molar-refractivity contribution in [3.05, 3.63) is 17.3 Å². The van der Waals surface area contributed by atoms with Crippen molar-refractivity contribution in [2.45, 2.75) is 13.0 Å². The van der Waals surface area contributed by atoms with Crippen LogP contribution in [0.3, 0.4) is 0 Å². The molecule has 0 aliphatic heterocycles. The van der Waals surface area contributed by atoms with Gasteiger partial charge in [0.2, 0.25) is 5.88 Å². The smallest absolute Gasteiger partial charge is 0.280 e. The molecule has 0 aliphatic carbocycles. The molecule has 78 valence electrons. The van der Waals surface area contributed by atoms with Gasteiger partial charge in [0, 0.05) is 12.2 Å². The Morgan fingerprint density at radius 1 is 1.57 bits per heavy atom. The van der Waals surface area contributed by atoms with Gasteiger partial charge in [-0.2, -0.15) is 0 Å². The summed E-state index contributed by atoms with van der Waals surface area (Å²) in [4.78, 5) is 3.59. The molecule has 6 heteroatoms. The molecule has 0 unspecified atom stereocenters. The quantitative estimate of drug-likeness (QED) is 0.770. The van der Waals surface area contributed by atoms with E-state index in [1.165, 1.54) is 7.11 Å². The third-order valence-corrected chi connectivity index (χ3v) is 1.76. The molecule has 1 aromatic rings. The lowest BCUT2D eigenvalue weighted by Crippen LogP contribution is -2.08. The number of alkyl halides is 2. The molecule has 0 atom stereocenters. The second kappa shape index (κ2) is 4.19. The normalized spacial score (nSPS) is 10.6. The van der Waals surface area contributed by atoms with Crippen LogP contribution in [0.5, 0.6) is 5.88 Å². The minimum absolute atomic E-state index is 0.0581. The summed E-state index contributed by atoms with van der Waals surface area (Å²) in [5.74, 6) is 0.0581. The highest BCUT2D eigenvalue weighted by molar-refractivity contribution is 5.52. The van der Waals surface area contributed by atoms with E-state index >= 15 is 0 Å². The molecular formula is C8H11F2N3O. The third kappa shape index (κ3) is 1.90. The van der Waals surface area contributed by atoms with E-state index in [9.17, 15) is 8.78 Å². The van der Waals surface area contributed by atoms with E-state index in [1.54, 1.807) is 0 Å². The summed E-state index contributed by atoms with van der Waals surface area (Å²) in [6.45, 7) is 0.103. The Morgan fingerprint density at radius 3 is 2.64 bits per heavy atom. The SMILES string of the molecule is COc1nc(C(F)F)cc(N)c1CN. The monoisotopic (exact) mass is 203 g/mol. The van der Waals surface area contributed by atoms with Crippen LogP contribution in [-0.2, 0) is 6.54 Å². The van der Waals surface area contributed by atoms with Gasteiger partial charge in [0.1, 0.15) is 5.69 Å². The number of ether oxygens (including phenoxy) is 1. The Morgan fingerprint density at radius 2 is 2.21 bits per heavy atom. The van der Waals surface area contributed by atoms with Crippen LogP contribution < -0.4 is 16.2 Å². The molecule has 0 radical (unpaired) electrons. The molecular weight excluding hydrogens is 192 g/mol. The predicted molar refractivity (Wildman–Crippen MR) is 48.0 cm³/mol. The number of nitrogens with zero attached hydrogens (tertiary/aromatic N) is 1. The van der Waals surface area contributed by atoms with Crippen molar-refractivity contribution < 1.29 is 13.5 Å². The lowest BCUT2D eigenvalue weighted by molar-refractivity contribution is 0.145. The van der Waals surface area contributed by atoms with Crippen LogP contribution in [0, 0.1) is 0 Å². The van der Waals surface area contributed by atoms with Crippen LogP contribution in [0.1, 0.15) is 17.7 Å². The van der Waals surface area contributed by atoms with Crippen molar-refractivity contribution in [3.8, 4) is 5.88 Å². The van der Waals surface area contributed by atoms with E-state index in [2.05, 4.69) is 4.98 Å². The molecule has 1 heterocycles. The Balaban J connectivity index is 3.24. The van der Waals surface area contributed by atoms with E-state index < -0.39 is 12.1 Å². The largest absolute Gasteiger partial charge is 0.481 e.